The van der Waals surface area contributed by atoms with Gasteiger partial charge in [-0.3, -0.25) is 28.2 Å². The fourth-order valence-electron chi connectivity index (χ4n) is 6.04. The second kappa shape index (κ2) is 15.0. The predicted molar refractivity (Wildman–Crippen MR) is 174 cm³/mol. The van der Waals surface area contributed by atoms with Crippen molar-refractivity contribution in [3.05, 3.63) is 39.2 Å². The van der Waals surface area contributed by atoms with E-state index in [0.29, 0.717) is 0 Å². The summed E-state index contributed by atoms with van der Waals surface area (Å²) in [5, 5.41) is 21.7. The standard InChI is InChI=1S/C24H34N9O18P3/c1-9-27-18-12(20(36)28-9)26-7-32(18)22-15(35)16(44-3)11(49-22)6-47-53(40,41)51-54(42,43)50-52(38,39)46-5-10-14(34)17(45-4)23(48-10)33-8-31(2)13-19(33)29-24(25)30-21(13)37/h7-8,10-11,14-17,22-23,34-35H,5-6H2,1-4H3,(H6-,25,27,28,29,30,36,37,38,39,40,41,42,43)/p+1/t10-,11-,14+,15?,16+,17?,22-,23-/m1/s1. The summed E-state index contributed by atoms with van der Waals surface area (Å²) in [5.41, 5.74) is 4.63. The number of imidazole rings is 2. The number of methoxy groups -OCH3 is 2. The van der Waals surface area contributed by atoms with Crippen LogP contribution in [0.5, 0.6) is 0 Å². The lowest BCUT2D eigenvalue weighted by molar-refractivity contribution is -0.646. The molecular weight excluding hydrogens is 795 g/mol. The lowest BCUT2D eigenvalue weighted by Gasteiger charge is -2.21. The van der Waals surface area contributed by atoms with E-state index in [1.807, 2.05) is 0 Å². The molecule has 5 unspecified atom stereocenters. The van der Waals surface area contributed by atoms with E-state index in [2.05, 4.69) is 33.5 Å². The zero-order valence-corrected chi connectivity index (χ0v) is 31.0. The number of anilines is 1. The van der Waals surface area contributed by atoms with Crippen LogP contribution in [-0.2, 0) is 57.4 Å². The number of H-pyrrole nitrogens is 2. The van der Waals surface area contributed by atoms with Crippen LogP contribution in [0.1, 0.15) is 18.3 Å². The third-order valence-electron chi connectivity index (χ3n) is 8.27. The number of aliphatic hydroxyl groups excluding tert-OH is 2. The molecule has 0 amide bonds. The first-order valence-corrected chi connectivity index (χ1v) is 19.9. The number of nitrogen functional groups attached to an aromatic ring is 1. The Morgan fingerprint density at radius 3 is 2.09 bits per heavy atom. The lowest BCUT2D eigenvalue weighted by atomic mass is 10.1. The molecule has 27 nitrogen and oxygen atoms in total. The Kier molecular flexibility index (Phi) is 11.2. The minimum absolute atomic E-state index is 0.0370. The van der Waals surface area contributed by atoms with Gasteiger partial charge in [0.05, 0.1) is 26.6 Å². The number of ether oxygens (including phenoxy) is 4. The second-order valence-corrected chi connectivity index (χ2v) is 16.5. The number of phosphoric ester groups is 2. The smallest absolute Gasteiger partial charge is 0.387 e. The monoisotopic (exact) mass is 830 g/mol. The molecule has 2 aliphatic rings. The van der Waals surface area contributed by atoms with Gasteiger partial charge in [-0.2, -0.15) is 18.2 Å². The van der Waals surface area contributed by atoms with E-state index in [-0.39, 0.29) is 34.1 Å². The maximum Gasteiger partial charge on any atom is 0.490 e. The van der Waals surface area contributed by atoms with Crippen molar-refractivity contribution in [2.45, 2.75) is 56.0 Å². The maximum atomic E-state index is 12.7. The molecule has 54 heavy (non-hydrogen) atoms. The molecule has 0 aliphatic carbocycles. The van der Waals surface area contributed by atoms with Crippen LogP contribution in [-0.4, -0.2) is 123 Å². The average Bonchev–Trinajstić information content (AvgIpc) is 3.79. The van der Waals surface area contributed by atoms with Crippen LogP contribution < -0.4 is 21.4 Å². The van der Waals surface area contributed by atoms with Crippen LogP contribution in [0.4, 0.5) is 5.95 Å². The van der Waals surface area contributed by atoms with E-state index >= 15 is 0 Å². The van der Waals surface area contributed by atoms with E-state index < -0.39 is 96.9 Å². The Hall–Kier alpha value is -3.33. The lowest BCUT2D eigenvalue weighted by Crippen LogP contribution is -2.35. The molecule has 6 heterocycles. The molecule has 6 rings (SSSR count). The van der Waals surface area contributed by atoms with Gasteiger partial charge in [0.15, 0.2) is 23.5 Å². The number of nitrogens with two attached hydrogens (primary N) is 1. The molecule has 2 aliphatic heterocycles. The topological polar surface area (TPSA) is 370 Å². The van der Waals surface area contributed by atoms with Gasteiger partial charge < -0.3 is 54.6 Å². The highest BCUT2D eigenvalue weighted by atomic mass is 31.3. The van der Waals surface area contributed by atoms with Crippen LogP contribution in [0.2, 0.25) is 0 Å². The fourth-order valence-corrected chi connectivity index (χ4v) is 9.57. The molecule has 0 aromatic carbocycles. The molecule has 4 aromatic heterocycles. The van der Waals surface area contributed by atoms with Crippen LogP contribution in [0.3, 0.4) is 0 Å². The Balaban J connectivity index is 1.07. The summed E-state index contributed by atoms with van der Waals surface area (Å²) in [6.07, 6.45) is -8.20. The number of nitrogens with one attached hydrogen (secondary N) is 2. The Morgan fingerprint density at radius 1 is 0.852 bits per heavy atom. The highest BCUT2D eigenvalue weighted by Gasteiger charge is 2.51. The molecule has 11 atom stereocenters. The number of aromatic amines is 2. The van der Waals surface area contributed by atoms with Gasteiger partial charge in [0.2, 0.25) is 18.5 Å². The highest BCUT2D eigenvalue weighted by Crippen LogP contribution is 2.68. The largest absolute Gasteiger partial charge is 0.490 e. The van der Waals surface area contributed by atoms with Gasteiger partial charge >= 0.3 is 29.0 Å². The van der Waals surface area contributed by atoms with Crippen LogP contribution in [0.25, 0.3) is 22.3 Å². The Labute approximate surface area is 301 Å². The number of nitrogens with zero attached hydrogens (tertiary/aromatic N) is 6. The number of phosphoric acid groups is 3. The first kappa shape index (κ1) is 40.3. The van der Waals surface area contributed by atoms with Crippen molar-refractivity contribution in [3.63, 3.8) is 0 Å². The summed E-state index contributed by atoms with van der Waals surface area (Å²) < 4.78 is 81.7. The number of hydrogen-bond donors (Lipinski definition) is 8. The van der Waals surface area contributed by atoms with E-state index in [0.717, 1.165) is 0 Å². The van der Waals surface area contributed by atoms with Crippen LogP contribution in [0.15, 0.2) is 22.2 Å². The number of aryl methyl sites for hydroxylation is 2. The number of aromatic nitrogens is 8. The molecule has 4 aromatic rings. The van der Waals surface area contributed by atoms with Crippen molar-refractivity contribution < 1.29 is 79.8 Å². The summed E-state index contributed by atoms with van der Waals surface area (Å²) in [5.74, 6) is 0.00609. The van der Waals surface area contributed by atoms with Gasteiger partial charge in [-0.1, -0.05) is 0 Å². The van der Waals surface area contributed by atoms with E-state index in [4.69, 9.17) is 33.7 Å². The first-order valence-electron chi connectivity index (χ1n) is 15.4. The predicted octanol–water partition coefficient (Wildman–Crippen LogP) is -2.51. The summed E-state index contributed by atoms with van der Waals surface area (Å²) in [4.78, 5) is 72.2. The molecule has 0 bridgehead atoms. The molecule has 2 fully saturated rings. The molecule has 9 N–H and O–H groups in total. The molecule has 2 saturated heterocycles. The Morgan fingerprint density at radius 2 is 1.46 bits per heavy atom. The van der Waals surface area contributed by atoms with E-state index in [1.165, 1.54) is 54.5 Å². The van der Waals surface area contributed by atoms with Crippen molar-refractivity contribution in [1.29, 1.82) is 0 Å². The number of rotatable bonds is 14. The van der Waals surface area contributed by atoms with E-state index in [1.54, 1.807) is 0 Å². The van der Waals surface area contributed by atoms with Gasteiger partial charge in [-0.05, 0) is 6.92 Å². The van der Waals surface area contributed by atoms with Crippen molar-refractivity contribution >= 4 is 51.7 Å². The molecule has 0 spiro atoms. The van der Waals surface area contributed by atoms with Gasteiger partial charge in [0.25, 0.3) is 16.7 Å². The quantitative estimate of drug-likeness (QED) is 0.0480. The zero-order valence-electron chi connectivity index (χ0n) is 28.3. The number of fused-ring (bicyclic) bond motifs is 2. The molecule has 30 heteroatoms. The summed E-state index contributed by atoms with van der Waals surface area (Å²) in [6, 6.07) is 0. The zero-order chi connectivity index (χ0) is 39.5. The maximum absolute atomic E-state index is 12.7. The molecule has 0 radical (unpaired) electrons. The number of aliphatic hydroxyl groups is 2. The van der Waals surface area contributed by atoms with Gasteiger partial charge in [-0.25, -0.2) is 28.2 Å². The molecule has 298 valence electrons. The highest BCUT2D eigenvalue weighted by molar-refractivity contribution is 7.66. The van der Waals surface area contributed by atoms with Gasteiger partial charge in [-0.15, -0.1) is 0 Å². The molecule has 0 saturated carbocycles. The van der Waals surface area contributed by atoms with Crippen molar-refractivity contribution in [2.75, 3.05) is 33.2 Å². The van der Waals surface area contributed by atoms with Crippen LogP contribution in [0, 0.1) is 6.92 Å². The van der Waals surface area contributed by atoms with Crippen molar-refractivity contribution in [2.24, 2.45) is 7.05 Å². The molecular formula is C24H35N9O18P3+. The first-order chi connectivity index (χ1) is 25.2. The average molecular weight is 831 g/mol. The summed E-state index contributed by atoms with van der Waals surface area (Å²) >= 11 is 0. The van der Waals surface area contributed by atoms with Crippen LogP contribution >= 0.6 is 23.5 Å². The number of hydrogen-bond acceptors (Lipinski definition) is 19. The SMILES string of the molecule is COC1[C@@H](O)[C@@H](COP(=O)(O)OP(=O)(O)OP(=O)(O)OC[C@H]2O[C@@H](n3cnc4c(=O)[nH]c(C)nc43)C(O)[C@H]2OC)O[C@H]1n1c[n+](C)c2c(=O)[nH]c(N)nc21. The van der Waals surface area contributed by atoms with E-state index in [9.17, 15) is 48.2 Å². The summed E-state index contributed by atoms with van der Waals surface area (Å²) in [7, 11) is -13.3. The third kappa shape index (κ3) is 7.99. The van der Waals surface area contributed by atoms with Gasteiger partial charge in [0.1, 0.15) is 36.3 Å². The third-order valence-corrected chi connectivity index (χ3v) is 12.5. The minimum Gasteiger partial charge on any atom is -0.387 e. The van der Waals surface area contributed by atoms with Gasteiger partial charge in [0, 0.05) is 14.2 Å². The minimum atomic E-state index is -5.95. The second-order valence-electron chi connectivity index (χ2n) is 11.9. The Bertz CT molecular complexity index is 2310. The fraction of sp³-hybridized carbons (Fsp3) is 0.583. The normalized spacial score (nSPS) is 29.4. The van der Waals surface area contributed by atoms with Crippen molar-refractivity contribution in [1.82, 2.24) is 34.1 Å². The van der Waals surface area contributed by atoms with Crippen molar-refractivity contribution in [3.8, 4) is 0 Å². The summed E-state index contributed by atoms with van der Waals surface area (Å²) in [6.45, 7) is -0.384.